The number of ether oxygens (including phenoxy) is 1. The standard InChI is InChI=1S/C11H22O2.C8H6O4/c1-10(2,3)8(9(12)13-7)11(4,5)6;9-7(10)5-1-2-6(4-3-5)8(11)12/h8H,1-7H3;1-4H,(H,9,10)(H,11,12). The first kappa shape index (κ1) is 22.6. The minimum absolute atomic E-state index is 0.0503. The summed E-state index contributed by atoms with van der Waals surface area (Å²) in [6, 6.07) is 5.02. The number of hydrogen-bond acceptors (Lipinski definition) is 4. The average molecular weight is 352 g/mol. The van der Waals surface area contributed by atoms with E-state index in [1.165, 1.54) is 31.4 Å². The molecule has 0 saturated heterocycles. The Balaban J connectivity index is 0.000000462. The Hall–Kier alpha value is -2.37. The second-order valence-corrected chi connectivity index (χ2v) is 7.88. The molecule has 0 spiro atoms. The van der Waals surface area contributed by atoms with E-state index in [2.05, 4.69) is 41.5 Å². The molecule has 0 aliphatic carbocycles. The van der Waals surface area contributed by atoms with Gasteiger partial charge in [0.25, 0.3) is 0 Å². The van der Waals surface area contributed by atoms with Gasteiger partial charge < -0.3 is 14.9 Å². The quantitative estimate of drug-likeness (QED) is 0.799. The molecule has 0 radical (unpaired) electrons. The predicted octanol–water partition coefficient (Wildman–Crippen LogP) is 3.95. The number of benzene rings is 1. The van der Waals surface area contributed by atoms with Gasteiger partial charge in [0, 0.05) is 0 Å². The Bertz CT molecular complexity index is 555. The zero-order valence-electron chi connectivity index (χ0n) is 15.9. The average Bonchev–Trinajstić information content (AvgIpc) is 2.44. The van der Waals surface area contributed by atoms with Gasteiger partial charge in [0.2, 0.25) is 0 Å². The maximum atomic E-state index is 11.6. The third-order valence-corrected chi connectivity index (χ3v) is 3.55. The fourth-order valence-corrected chi connectivity index (χ4v) is 2.88. The van der Waals surface area contributed by atoms with Crippen molar-refractivity contribution in [3.05, 3.63) is 35.4 Å². The molecule has 0 heterocycles. The van der Waals surface area contributed by atoms with E-state index in [1.807, 2.05) is 0 Å². The molecule has 25 heavy (non-hydrogen) atoms. The SMILES string of the molecule is COC(=O)C(C(C)(C)C)C(C)(C)C.O=C(O)c1ccc(C(=O)O)cc1. The van der Waals surface area contributed by atoms with Gasteiger partial charge in [0.15, 0.2) is 0 Å². The van der Waals surface area contributed by atoms with Crippen molar-refractivity contribution in [3.63, 3.8) is 0 Å². The van der Waals surface area contributed by atoms with Gasteiger partial charge in [-0.25, -0.2) is 9.59 Å². The molecular weight excluding hydrogens is 324 g/mol. The monoisotopic (exact) mass is 352 g/mol. The molecule has 0 unspecified atom stereocenters. The van der Waals surface area contributed by atoms with E-state index in [9.17, 15) is 14.4 Å². The maximum absolute atomic E-state index is 11.6. The fourth-order valence-electron chi connectivity index (χ4n) is 2.88. The third kappa shape index (κ3) is 7.37. The fraction of sp³-hybridized carbons (Fsp3) is 0.526. The molecule has 0 saturated carbocycles. The Kier molecular flexibility index (Phi) is 7.83. The molecule has 1 aromatic carbocycles. The number of carboxylic acids is 2. The Morgan fingerprint density at radius 2 is 1.08 bits per heavy atom. The van der Waals surface area contributed by atoms with E-state index < -0.39 is 11.9 Å². The molecule has 0 atom stereocenters. The number of aromatic carboxylic acids is 2. The van der Waals surface area contributed by atoms with Crippen LogP contribution in [0.2, 0.25) is 0 Å². The number of rotatable bonds is 3. The summed E-state index contributed by atoms with van der Waals surface area (Å²) in [4.78, 5) is 32.3. The van der Waals surface area contributed by atoms with Crippen LogP contribution in [-0.4, -0.2) is 35.2 Å². The molecule has 0 amide bonds. The number of carbonyl (C=O) groups is 3. The minimum atomic E-state index is -1.06. The number of hydrogen-bond donors (Lipinski definition) is 2. The van der Waals surface area contributed by atoms with Gasteiger partial charge in [0.1, 0.15) is 0 Å². The zero-order valence-corrected chi connectivity index (χ0v) is 15.9. The first-order chi connectivity index (χ1) is 11.2. The van der Waals surface area contributed by atoms with Crippen LogP contribution in [0.15, 0.2) is 24.3 Å². The van der Waals surface area contributed by atoms with Crippen molar-refractivity contribution in [3.8, 4) is 0 Å². The summed E-state index contributed by atoms with van der Waals surface area (Å²) in [5.74, 6) is -2.30. The van der Waals surface area contributed by atoms with Crippen LogP contribution in [0, 0.1) is 16.7 Å². The minimum Gasteiger partial charge on any atom is -0.478 e. The van der Waals surface area contributed by atoms with Crippen molar-refractivity contribution in [2.24, 2.45) is 16.7 Å². The van der Waals surface area contributed by atoms with E-state index in [0.717, 1.165) is 0 Å². The molecule has 0 aromatic heterocycles. The summed E-state index contributed by atoms with van der Waals surface area (Å²) in [7, 11) is 1.45. The highest BCUT2D eigenvalue weighted by Gasteiger charge is 2.41. The van der Waals surface area contributed by atoms with Crippen molar-refractivity contribution < 1.29 is 29.3 Å². The Morgan fingerprint density at radius 1 is 0.800 bits per heavy atom. The normalized spacial score (nSPS) is 11.4. The van der Waals surface area contributed by atoms with E-state index in [1.54, 1.807) is 0 Å². The summed E-state index contributed by atoms with van der Waals surface area (Å²) in [5.41, 5.74) is 0.0662. The van der Waals surface area contributed by atoms with Gasteiger partial charge in [-0.2, -0.15) is 0 Å². The highest BCUT2D eigenvalue weighted by Crippen LogP contribution is 2.40. The van der Waals surface area contributed by atoms with Gasteiger partial charge in [-0.1, -0.05) is 41.5 Å². The molecule has 6 heteroatoms. The lowest BCUT2D eigenvalue weighted by Crippen LogP contribution is -2.39. The van der Waals surface area contributed by atoms with Crippen molar-refractivity contribution in [1.29, 1.82) is 0 Å². The first-order valence-electron chi connectivity index (χ1n) is 7.86. The smallest absolute Gasteiger partial charge is 0.335 e. The molecule has 140 valence electrons. The van der Waals surface area contributed by atoms with Gasteiger partial charge in [-0.3, -0.25) is 4.79 Å². The molecule has 0 aliphatic heterocycles. The highest BCUT2D eigenvalue weighted by molar-refractivity contribution is 5.91. The summed E-state index contributed by atoms with van der Waals surface area (Å²) < 4.78 is 4.83. The lowest BCUT2D eigenvalue weighted by atomic mass is 9.67. The van der Waals surface area contributed by atoms with E-state index in [0.29, 0.717) is 0 Å². The van der Waals surface area contributed by atoms with Crippen LogP contribution < -0.4 is 0 Å². The maximum Gasteiger partial charge on any atom is 0.335 e. The van der Waals surface area contributed by atoms with Crippen LogP contribution in [0.25, 0.3) is 0 Å². The molecular formula is C19H28O6. The molecule has 0 aliphatic rings. The van der Waals surface area contributed by atoms with Crippen molar-refractivity contribution >= 4 is 17.9 Å². The third-order valence-electron chi connectivity index (χ3n) is 3.55. The lowest BCUT2D eigenvalue weighted by Gasteiger charge is -2.38. The van der Waals surface area contributed by atoms with E-state index in [-0.39, 0.29) is 33.8 Å². The molecule has 0 fully saturated rings. The highest BCUT2D eigenvalue weighted by atomic mass is 16.5. The van der Waals surface area contributed by atoms with Crippen LogP contribution in [0.3, 0.4) is 0 Å². The topological polar surface area (TPSA) is 101 Å². The first-order valence-corrected chi connectivity index (χ1v) is 7.86. The lowest BCUT2D eigenvalue weighted by molar-refractivity contribution is -0.154. The molecule has 1 rings (SSSR count). The summed E-state index contributed by atoms with van der Waals surface area (Å²) in [5, 5.41) is 16.9. The molecule has 6 nitrogen and oxygen atoms in total. The summed E-state index contributed by atoms with van der Waals surface area (Å²) in [6.45, 7) is 12.4. The van der Waals surface area contributed by atoms with Crippen molar-refractivity contribution in [2.75, 3.05) is 7.11 Å². The number of esters is 1. The van der Waals surface area contributed by atoms with Gasteiger partial charge >= 0.3 is 17.9 Å². The van der Waals surface area contributed by atoms with Crippen LogP contribution in [0.1, 0.15) is 62.3 Å². The van der Waals surface area contributed by atoms with E-state index in [4.69, 9.17) is 14.9 Å². The molecule has 1 aromatic rings. The second kappa shape index (κ2) is 8.65. The summed E-state index contributed by atoms with van der Waals surface area (Å²) in [6.07, 6.45) is 0. The number of carbonyl (C=O) groups excluding carboxylic acids is 1. The molecule has 0 bridgehead atoms. The second-order valence-electron chi connectivity index (χ2n) is 7.88. The van der Waals surface area contributed by atoms with Crippen LogP contribution in [0.5, 0.6) is 0 Å². The van der Waals surface area contributed by atoms with Crippen LogP contribution >= 0.6 is 0 Å². The van der Waals surface area contributed by atoms with Gasteiger partial charge in [0.05, 0.1) is 24.2 Å². The largest absolute Gasteiger partial charge is 0.478 e. The van der Waals surface area contributed by atoms with Crippen LogP contribution in [0.4, 0.5) is 0 Å². The Labute approximate surface area is 148 Å². The number of carboxylic acid groups (broad SMARTS) is 2. The van der Waals surface area contributed by atoms with Gasteiger partial charge in [-0.15, -0.1) is 0 Å². The molecule has 2 N–H and O–H groups in total. The predicted molar refractivity (Wildman–Crippen MR) is 94.8 cm³/mol. The van der Waals surface area contributed by atoms with Crippen LogP contribution in [-0.2, 0) is 9.53 Å². The number of methoxy groups -OCH3 is 1. The zero-order chi connectivity index (χ0) is 20.0. The summed E-state index contributed by atoms with van der Waals surface area (Å²) >= 11 is 0. The Morgan fingerprint density at radius 3 is 1.20 bits per heavy atom. The van der Waals surface area contributed by atoms with Crippen molar-refractivity contribution in [1.82, 2.24) is 0 Å². The van der Waals surface area contributed by atoms with Gasteiger partial charge in [-0.05, 0) is 35.1 Å². The van der Waals surface area contributed by atoms with E-state index >= 15 is 0 Å². The van der Waals surface area contributed by atoms with Crippen molar-refractivity contribution in [2.45, 2.75) is 41.5 Å².